The molecule has 2 aromatic carbocycles. The van der Waals surface area contributed by atoms with Crippen molar-refractivity contribution < 1.29 is 19.4 Å². The number of nitrogens with one attached hydrogen (secondary N) is 1. The molecule has 0 bridgehead atoms. The summed E-state index contributed by atoms with van der Waals surface area (Å²) < 4.78 is 11.5. The van der Waals surface area contributed by atoms with E-state index in [2.05, 4.69) is 10.2 Å². The van der Waals surface area contributed by atoms with Gasteiger partial charge >= 0.3 is 0 Å². The second kappa shape index (κ2) is 8.61. The molecular formula is C22H25ClN2O4. The van der Waals surface area contributed by atoms with Gasteiger partial charge in [0.25, 0.3) is 5.91 Å². The number of benzene rings is 2. The van der Waals surface area contributed by atoms with Crippen molar-refractivity contribution >= 4 is 17.5 Å². The van der Waals surface area contributed by atoms with Crippen molar-refractivity contribution in [3.63, 3.8) is 0 Å². The number of aromatic hydroxyl groups is 1. The first-order chi connectivity index (χ1) is 14.0. The van der Waals surface area contributed by atoms with Gasteiger partial charge in [0.05, 0.1) is 19.3 Å². The summed E-state index contributed by atoms with van der Waals surface area (Å²) in [6.07, 6.45) is 0.855. The summed E-state index contributed by atoms with van der Waals surface area (Å²) in [6, 6.07) is 12.7. The second-order valence-electron chi connectivity index (χ2n) is 7.54. The number of hydrogen-bond acceptors (Lipinski definition) is 5. The number of rotatable bonds is 5. The Morgan fingerprint density at radius 3 is 2.83 bits per heavy atom. The molecule has 0 saturated carbocycles. The van der Waals surface area contributed by atoms with Gasteiger partial charge in [0, 0.05) is 41.8 Å². The molecule has 2 N–H and O–H groups in total. The van der Waals surface area contributed by atoms with Gasteiger partial charge in [-0.1, -0.05) is 23.7 Å². The fourth-order valence-electron chi connectivity index (χ4n) is 4.09. The van der Waals surface area contributed by atoms with E-state index in [-0.39, 0.29) is 23.8 Å². The summed E-state index contributed by atoms with van der Waals surface area (Å²) in [5.74, 6) is 0.298. The molecule has 2 fully saturated rings. The van der Waals surface area contributed by atoms with E-state index in [0.717, 1.165) is 25.1 Å². The van der Waals surface area contributed by atoms with Crippen LogP contribution in [0.3, 0.4) is 0 Å². The Morgan fingerprint density at radius 2 is 2.07 bits per heavy atom. The molecule has 4 rings (SSSR count). The lowest BCUT2D eigenvalue weighted by Crippen LogP contribution is -2.43. The van der Waals surface area contributed by atoms with Crippen LogP contribution < -0.4 is 10.1 Å². The zero-order valence-corrected chi connectivity index (χ0v) is 17.1. The minimum absolute atomic E-state index is 0.0118. The highest BCUT2D eigenvalue weighted by atomic mass is 35.5. The number of fused-ring (bicyclic) bond motifs is 1. The zero-order chi connectivity index (χ0) is 20.4. The largest absolute Gasteiger partial charge is 0.508 e. The maximum atomic E-state index is 12.7. The number of phenolic OH excluding ortho intramolecular Hbond substituents is 1. The summed E-state index contributed by atoms with van der Waals surface area (Å²) in [6.45, 7) is 4.54. The SMILES string of the molecule is CCOc1cc(O)cc(C(=O)N[C@@H]2C[C@H]3CO[C@@H](c4ccc(Cl)cc4)CN3C2)c1. The molecule has 6 nitrogen and oxygen atoms in total. The van der Waals surface area contributed by atoms with Gasteiger partial charge in [-0.15, -0.1) is 0 Å². The van der Waals surface area contributed by atoms with Crippen LogP contribution in [0.1, 0.15) is 35.4 Å². The molecule has 2 aliphatic heterocycles. The van der Waals surface area contributed by atoms with Gasteiger partial charge in [0.15, 0.2) is 0 Å². The number of ether oxygens (including phenoxy) is 2. The molecule has 29 heavy (non-hydrogen) atoms. The van der Waals surface area contributed by atoms with Gasteiger partial charge in [0.2, 0.25) is 0 Å². The molecule has 2 saturated heterocycles. The van der Waals surface area contributed by atoms with Crippen LogP contribution >= 0.6 is 11.6 Å². The molecule has 0 aromatic heterocycles. The minimum atomic E-state index is -0.207. The smallest absolute Gasteiger partial charge is 0.251 e. The minimum Gasteiger partial charge on any atom is -0.508 e. The zero-order valence-electron chi connectivity index (χ0n) is 16.3. The van der Waals surface area contributed by atoms with E-state index in [0.29, 0.717) is 35.6 Å². The summed E-state index contributed by atoms with van der Waals surface area (Å²) in [4.78, 5) is 15.1. The van der Waals surface area contributed by atoms with Gasteiger partial charge in [-0.05, 0) is 43.2 Å². The summed E-state index contributed by atoms with van der Waals surface area (Å²) in [5, 5.41) is 13.7. The highest BCUT2D eigenvalue weighted by molar-refractivity contribution is 6.30. The average Bonchev–Trinajstić information content (AvgIpc) is 3.09. The Balaban J connectivity index is 1.37. The molecule has 0 unspecified atom stereocenters. The van der Waals surface area contributed by atoms with Crippen molar-refractivity contribution in [2.24, 2.45) is 0 Å². The first-order valence-electron chi connectivity index (χ1n) is 9.90. The van der Waals surface area contributed by atoms with E-state index >= 15 is 0 Å². The van der Waals surface area contributed by atoms with Gasteiger partial charge in [-0.25, -0.2) is 0 Å². The average molecular weight is 417 g/mol. The van der Waals surface area contributed by atoms with Gasteiger partial charge < -0.3 is 19.9 Å². The topological polar surface area (TPSA) is 71.0 Å². The number of carbonyl (C=O) groups is 1. The van der Waals surface area contributed by atoms with Gasteiger partial charge in [-0.3, -0.25) is 9.69 Å². The first-order valence-corrected chi connectivity index (χ1v) is 10.3. The van der Waals surface area contributed by atoms with Crippen molar-refractivity contribution in [1.82, 2.24) is 10.2 Å². The molecular weight excluding hydrogens is 392 g/mol. The van der Waals surface area contributed by atoms with E-state index in [1.807, 2.05) is 31.2 Å². The molecule has 2 heterocycles. The van der Waals surface area contributed by atoms with Crippen LogP contribution in [-0.2, 0) is 4.74 Å². The highest BCUT2D eigenvalue weighted by Crippen LogP contribution is 2.31. The lowest BCUT2D eigenvalue weighted by Gasteiger charge is -2.35. The van der Waals surface area contributed by atoms with E-state index < -0.39 is 0 Å². The van der Waals surface area contributed by atoms with Crippen LogP contribution in [-0.4, -0.2) is 54.3 Å². The molecule has 2 aliphatic rings. The second-order valence-corrected chi connectivity index (χ2v) is 7.97. The molecule has 2 aromatic rings. The Kier molecular flexibility index (Phi) is 5.94. The quantitative estimate of drug-likeness (QED) is 0.781. The molecule has 7 heteroatoms. The predicted octanol–water partition coefficient (Wildman–Crippen LogP) is 3.39. The lowest BCUT2D eigenvalue weighted by molar-refractivity contribution is -0.0502. The van der Waals surface area contributed by atoms with Crippen molar-refractivity contribution in [3.8, 4) is 11.5 Å². The lowest BCUT2D eigenvalue weighted by atomic mass is 10.1. The van der Waals surface area contributed by atoms with E-state index in [1.54, 1.807) is 6.07 Å². The normalized spacial score (nSPS) is 24.1. The number of halogens is 1. The molecule has 3 atom stereocenters. The molecule has 0 radical (unpaired) electrons. The fraction of sp³-hybridized carbons (Fsp3) is 0.409. The number of morpholine rings is 1. The van der Waals surface area contributed by atoms with Crippen LogP contribution in [0.15, 0.2) is 42.5 Å². The van der Waals surface area contributed by atoms with Gasteiger partial charge in [0.1, 0.15) is 11.5 Å². The number of amides is 1. The Morgan fingerprint density at radius 1 is 1.28 bits per heavy atom. The van der Waals surface area contributed by atoms with Crippen molar-refractivity contribution in [3.05, 3.63) is 58.6 Å². The Bertz CT molecular complexity index is 874. The number of carbonyl (C=O) groups excluding carboxylic acids is 1. The standard InChI is InChI=1S/C22H25ClN2O4/c1-2-28-20-8-15(7-19(26)10-20)22(27)24-17-9-18-13-29-21(12-25(18)11-17)14-3-5-16(23)6-4-14/h3-8,10,17-18,21,26H,2,9,11-13H2,1H3,(H,24,27)/t17-,18+,21-/m1/s1. The number of hydrogen-bond donors (Lipinski definition) is 2. The fourth-order valence-corrected chi connectivity index (χ4v) is 4.22. The maximum absolute atomic E-state index is 12.7. The molecule has 1 amide bonds. The monoisotopic (exact) mass is 416 g/mol. The van der Waals surface area contributed by atoms with Crippen molar-refractivity contribution in [2.45, 2.75) is 31.5 Å². The molecule has 0 aliphatic carbocycles. The highest BCUT2D eigenvalue weighted by Gasteiger charge is 2.38. The van der Waals surface area contributed by atoms with Crippen LogP contribution in [0.4, 0.5) is 0 Å². The molecule has 154 valence electrons. The number of nitrogens with zero attached hydrogens (tertiary/aromatic N) is 1. The van der Waals surface area contributed by atoms with Crippen LogP contribution in [0, 0.1) is 0 Å². The van der Waals surface area contributed by atoms with Crippen molar-refractivity contribution in [2.75, 3.05) is 26.3 Å². The van der Waals surface area contributed by atoms with Gasteiger partial charge in [-0.2, -0.15) is 0 Å². The van der Waals surface area contributed by atoms with Crippen LogP contribution in [0.25, 0.3) is 0 Å². The van der Waals surface area contributed by atoms with Crippen LogP contribution in [0.2, 0.25) is 5.02 Å². The van der Waals surface area contributed by atoms with E-state index in [1.165, 1.54) is 12.1 Å². The van der Waals surface area contributed by atoms with E-state index in [4.69, 9.17) is 21.1 Å². The summed E-state index contributed by atoms with van der Waals surface area (Å²) in [5.41, 5.74) is 1.51. The Hall–Kier alpha value is -2.28. The van der Waals surface area contributed by atoms with Crippen molar-refractivity contribution in [1.29, 1.82) is 0 Å². The predicted molar refractivity (Wildman–Crippen MR) is 111 cm³/mol. The molecule has 0 spiro atoms. The maximum Gasteiger partial charge on any atom is 0.251 e. The summed E-state index contributed by atoms with van der Waals surface area (Å²) >= 11 is 5.98. The third-order valence-corrected chi connectivity index (χ3v) is 5.71. The van der Waals surface area contributed by atoms with E-state index in [9.17, 15) is 9.90 Å². The Labute approximate surface area is 175 Å². The van der Waals surface area contributed by atoms with Crippen LogP contribution in [0.5, 0.6) is 11.5 Å². The third-order valence-electron chi connectivity index (χ3n) is 5.46. The first kappa shape index (κ1) is 20.0. The third kappa shape index (κ3) is 4.66. The summed E-state index contributed by atoms with van der Waals surface area (Å²) in [7, 11) is 0. The number of phenols is 1.